The van der Waals surface area contributed by atoms with Gasteiger partial charge in [-0.25, -0.2) is 4.98 Å². The maximum atomic E-state index is 11.8. The summed E-state index contributed by atoms with van der Waals surface area (Å²) in [6.07, 6.45) is -3.21. The highest BCUT2D eigenvalue weighted by molar-refractivity contribution is 4.99. The number of nitrogens with two attached hydrogens (primary N) is 1. The molecule has 1 unspecified atom stereocenters. The van der Waals surface area contributed by atoms with Crippen molar-refractivity contribution in [1.29, 1.82) is 0 Å². The van der Waals surface area contributed by atoms with E-state index in [1.165, 1.54) is 0 Å². The first-order valence-corrected chi connectivity index (χ1v) is 3.44. The second-order valence-electron chi connectivity index (χ2n) is 2.46. The molecule has 1 atom stereocenters. The minimum Gasteiger partial charge on any atom is -0.322 e. The van der Waals surface area contributed by atoms with Gasteiger partial charge in [-0.15, -0.1) is 5.10 Å². The first-order chi connectivity index (χ1) is 5.99. The SMILES string of the molecule is NC(CC(F)(F)F)c1cnncn1. The number of rotatable bonds is 2. The quantitative estimate of drug-likeness (QED) is 0.753. The molecule has 0 bridgehead atoms. The average molecular weight is 192 g/mol. The largest absolute Gasteiger partial charge is 0.390 e. The number of hydrogen-bond acceptors (Lipinski definition) is 4. The molecule has 0 saturated heterocycles. The molecule has 1 aromatic rings. The van der Waals surface area contributed by atoms with Gasteiger partial charge in [0.05, 0.1) is 24.4 Å². The molecule has 2 N–H and O–H groups in total. The van der Waals surface area contributed by atoms with Gasteiger partial charge >= 0.3 is 6.18 Å². The Balaban J connectivity index is 2.64. The van der Waals surface area contributed by atoms with Crippen LogP contribution in [0.1, 0.15) is 18.2 Å². The molecule has 7 heteroatoms. The number of aromatic nitrogens is 3. The molecular weight excluding hydrogens is 185 g/mol. The highest BCUT2D eigenvalue weighted by atomic mass is 19.4. The van der Waals surface area contributed by atoms with Gasteiger partial charge in [-0.3, -0.25) is 0 Å². The van der Waals surface area contributed by atoms with Gasteiger partial charge in [0, 0.05) is 0 Å². The van der Waals surface area contributed by atoms with E-state index in [9.17, 15) is 13.2 Å². The van der Waals surface area contributed by atoms with E-state index in [1.54, 1.807) is 0 Å². The van der Waals surface area contributed by atoms with Crippen molar-refractivity contribution in [3.8, 4) is 0 Å². The molecule has 0 aliphatic heterocycles. The summed E-state index contributed by atoms with van der Waals surface area (Å²) in [5.41, 5.74) is 5.32. The Morgan fingerprint density at radius 2 is 2.08 bits per heavy atom. The van der Waals surface area contributed by atoms with Gasteiger partial charge < -0.3 is 5.73 Å². The van der Waals surface area contributed by atoms with Gasteiger partial charge in [-0.1, -0.05) is 0 Å². The predicted molar refractivity (Wildman–Crippen MR) is 37.4 cm³/mol. The van der Waals surface area contributed by atoms with Crippen LogP contribution < -0.4 is 5.73 Å². The van der Waals surface area contributed by atoms with Crippen molar-refractivity contribution in [3.63, 3.8) is 0 Å². The zero-order valence-electron chi connectivity index (χ0n) is 6.49. The molecule has 0 radical (unpaired) electrons. The van der Waals surface area contributed by atoms with Crippen LogP contribution in [0.4, 0.5) is 13.2 Å². The lowest BCUT2D eigenvalue weighted by Gasteiger charge is -2.12. The second-order valence-corrected chi connectivity index (χ2v) is 2.46. The smallest absolute Gasteiger partial charge is 0.322 e. The van der Waals surface area contributed by atoms with Crippen LogP contribution in [0.5, 0.6) is 0 Å². The Hall–Kier alpha value is -1.24. The summed E-state index contributed by atoms with van der Waals surface area (Å²) in [4.78, 5) is 3.56. The van der Waals surface area contributed by atoms with Crippen LogP contribution in [-0.2, 0) is 0 Å². The van der Waals surface area contributed by atoms with Crippen LogP contribution in [0.2, 0.25) is 0 Å². The molecule has 72 valence electrons. The standard InChI is InChI=1S/C6H7F3N4/c7-6(8,9)1-4(10)5-2-12-13-3-11-5/h2-4H,1,10H2. The van der Waals surface area contributed by atoms with E-state index in [4.69, 9.17) is 5.73 Å². The van der Waals surface area contributed by atoms with Crippen LogP contribution in [0, 0.1) is 0 Å². The van der Waals surface area contributed by atoms with Gasteiger partial charge in [0.2, 0.25) is 0 Å². The van der Waals surface area contributed by atoms with E-state index in [0.29, 0.717) is 0 Å². The van der Waals surface area contributed by atoms with Crippen molar-refractivity contribution in [3.05, 3.63) is 18.2 Å². The minimum absolute atomic E-state index is 0.0901. The topological polar surface area (TPSA) is 64.7 Å². The molecule has 1 rings (SSSR count). The van der Waals surface area contributed by atoms with Gasteiger partial charge in [0.1, 0.15) is 6.33 Å². The lowest BCUT2D eigenvalue weighted by molar-refractivity contribution is -0.138. The normalized spacial score (nSPS) is 14.2. The summed E-state index contributed by atoms with van der Waals surface area (Å²) in [6, 6.07) is -1.17. The summed E-state index contributed by atoms with van der Waals surface area (Å²) >= 11 is 0. The molecule has 0 aromatic carbocycles. The molecular formula is C6H7F3N4. The molecule has 1 aromatic heterocycles. The van der Waals surface area contributed by atoms with Crippen LogP contribution >= 0.6 is 0 Å². The Kier molecular flexibility index (Phi) is 2.76. The van der Waals surface area contributed by atoms with Gasteiger partial charge in [0.25, 0.3) is 0 Å². The van der Waals surface area contributed by atoms with E-state index < -0.39 is 18.6 Å². The van der Waals surface area contributed by atoms with Crippen molar-refractivity contribution in [2.45, 2.75) is 18.6 Å². The molecule has 13 heavy (non-hydrogen) atoms. The molecule has 0 fully saturated rings. The molecule has 0 amide bonds. The number of halogens is 3. The maximum absolute atomic E-state index is 11.8. The van der Waals surface area contributed by atoms with Crippen molar-refractivity contribution < 1.29 is 13.2 Å². The van der Waals surface area contributed by atoms with E-state index >= 15 is 0 Å². The lowest BCUT2D eigenvalue weighted by Crippen LogP contribution is -2.21. The third-order valence-electron chi connectivity index (χ3n) is 1.35. The van der Waals surface area contributed by atoms with Crippen molar-refractivity contribution in [2.75, 3.05) is 0 Å². The monoisotopic (exact) mass is 192 g/mol. The van der Waals surface area contributed by atoms with Gasteiger partial charge in [-0.2, -0.15) is 18.3 Å². The fraction of sp³-hybridized carbons (Fsp3) is 0.500. The zero-order chi connectivity index (χ0) is 9.90. The summed E-state index contributed by atoms with van der Waals surface area (Å²) in [5.74, 6) is 0. The Morgan fingerprint density at radius 1 is 1.38 bits per heavy atom. The van der Waals surface area contributed by atoms with Gasteiger partial charge in [0.15, 0.2) is 0 Å². The third kappa shape index (κ3) is 3.32. The van der Waals surface area contributed by atoms with Crippen molar-refractivity contribution in [2.24, 2.45) is 5.73 Å². The highest BCUT2D eigenvalue weighted by Crippen LogP contribution is 2.26. The Bertz CT molecular complexity index is 260. The van der Waals surface area contributed by atoms with E-state index in [2.05, 4.69) is 15.2 Å². The summed E-state index contributed by atoms with van der Waals surface area (Å²) in [6.45, 7) is 0. The van der Waals surface area contributed by atoms with E-state index in [0.717, 1.165) is 12.5 Å². The highest BCUT2D eigenvalue weighted by Gasteiger charge is 2.31. The summed E-state index contributed by atoms with van der Waals surface area (Å²) < 4.78 is 35.5. The fourth-order valence-corrected chi connectivity index (χ4v) is 0.794. The zero-order valence-corrected chi connectivity index (χ0v) is 6.49. The molecule has 0 saturated carbocycles. The van der Waals surface area contributed by atoms with Crippen LogP contribution in [0.15, 0.2) is 12.5 Å². The lowest BCUT2D eigenvalue weighted by atomic mass is 10.1. The average Bonchev–Trinajstić information content (AvgIpc) is 2.03. The van der Waals surface area contributed by atoms with Gasteiger partial charge in [-0.05, 0) is 0 Å². The summed E-state index contributed by atoms with van der Waals surface area (Å²) in [7, 11) is 0. The fourth-order valence-electron chi connectivity index (χ4n) is 0.794. The minimum atomic E-state index is -4.29. The second kappa shape index (κ2) is 3.65. The number of nitrogens with zero attached hydrogens (tertiary/aromatic N) is 3. The molecule has 0 spiro atoms. The third-order valence-corrected chi connectivity index (χ3v) is 1.35. The number of hydrogen-bond donors (Lipinski definition) is 1. The Morgan fingerprint density at radius 3 is 2.54 bits per heavy atom. The maximum Gasteiger partial charge on any atom is 0.390 e. The van der Waals surface area contributed by atoms with Crippen molar-refractivity contribution in [1.82, 2.24) is 15.2 Å². The molecule has 1 heterocycles. The summed E-state index contributed by atoms with van der Waals surface area (Å²) in [5, 5.41) is 6.70. The first kappa shape index (κ1) is 9.85. The van der Waals surface area contributed by atoms with Crippen LogP contribution in [0.25, 0.3) is 0 Å². The van der Waals surface area contributed by atoms with Crippen LogP contribution in [0.3, 0.4) is 0 Å². The van der Waals surface area contributed by atoms with E-state index in [1.807, 2.05) is 0 Å². The Labute approximate surface area is 72.0 Å². The van der Waals surface area contributed by atoms with Crippen molar-refractivity contribution >= 4 is 0 Å². The van der Waals surface area contributed by atoms with E-state index in [-0.39, 0.29) is 5.69 Å². The molecule has 0 aliphatic carbocycles. The molecule has 0 aliphatic rings. The number of alkyl halides is 3. The first-order valence-electron chi connectivity index (χ1n) is 3.44. The molecule has 4 nitrogen and oxygen atoms in total. The van der Waals surface area contributed by atoms with Crippen LogP contribution in [-0.4, -0.2) is 21.4 Å². The predicted octanol–water partition coefficient (Wildman–Crippen LogP) is 0.824.